The molecule has 5 rings (SSSR count). The first-order valence-electron chi connectivity index (χ1n) is 12.5. The summed E-state index contributed by atoms with van der Waals surface area (Å²) in [6.45, 7) is 9.21. The Morgan fingerprint density at radius 1 is 1.18 bits per heavy atom. The monoisotopic (exact) mass is 471 g/mol. The molecule has 1 saturated heterocycles. The number of aliphatic hydroxyl groups is 2. The summed E-state index contributed by atoms with van der Waals surface area (Å²) >= 11 is 0. The number of benzene rings is 1. The van der Waals surface area contributed by atoms with Crippen molar-refractivity contribution >= 4 is 5.97 Å². The molecule has 1 unspecified atom stereocenters. The minimum absolute atomic E-state index is 0.0573. The van der Waals surface area contributed by atoms with Crippen molar-refractivity contribution in [2.75, 3.05) is 19.9 Å². The summed E-state index contributed by atoms with van der Waals surface area (Å²) in [6, 6.07) is 4.17. The smallest absolute Gasteiger partial charge is 0.338 e. The highest BCUT2D eigenvalue weighted by Gasteiger charge is 2.57. The van der Waals surface area contributed by atoms with Gasteiger partial charge < -0.3 is 24.4 Å². The minimum atomic E-state index is -1.61. The second kappa shape index (κ2) is 8.25. The number of nitrogens with zero attached hydrogens (tertiary/aromatic N) is 1. The normalized spacial score (nSPS) is 29.5. The summed E-state index contributed by atoms with van der Waals surface area (Å²) in [4.78, 5) is 15.8. The van der Waals surface area contributed by atoms with E-state index in [-0.39, 0.29) is 24.7 Å². The van der Waals surface area contributed by atoms with E-state index >= 15 is 0 Å². The molecule has 0 aromatic heterocycles. The number of hydrogen-bond acceptors (Lipinski definition) is 7. The van der Waals surface area contributed by atoms with Crippen LogP contribution < -0.4 is 9.47 Å². The summed E-state index contributed by atoms with van der Waals surface area (Å²) < 4.78 is 17.5. The second-order valence-corrected chi connectivity index (χ2v) is 11.4. The highest BCUT2D eigenvalue weighted by atomic mass is 16.7. The zero-order valence-corrected chi connectivity index (χ0v) is 20.7. The quantitative estimate of drug-likeness (QED) is 0.485. The number of carbonyl (C=O) groups excluding carboxylic acids is 1. The summed E-state index contributed by atoms with van der Waals surface area (Å²) in [5, 5.41) is 21.0. The molecule has 1 aromatic carbocycles. The topological polar surface area (TPSA) is 88.5 Å². The number of hydrogen-bond donors (Lipinski definition) is 2. The van der Waals surface area contributed by atoms with Gasteiger partial charge >= 0.3 is 5.97 Å². The average Bonchev–Trinajstić information content (AvgIpc) is 3.41. The van der Waals surface area contributed by atoms with E-state index in [0.29, 0.717) is 12.8 Å². The van der Waals surface area contributed by atoms with Crippen LogP contribution in [0.5, 0.6) is 11.5 Å². The Kier molecular flexibility index (Phi) is 5.73. The Morgan fingerprint density at radius 3 is 2.65 bits per heavy atom. The van der Waals surface area contributed by atoms with E-state index in [1.165, 1.54) is 12.5 Å². The maximum absolute atomic E-state index is 13.3. The van der Waals surface area contributed by atoms with Crippen molar-refractivity contribution in [1.29, 1.82) is 0 Å². The minimum Gasteiger partial charge on any atom is -0.455 e. The van der Waals surface area contributed by atoms with Gasteiger partial charge in [0.2, 0.25) is 6.79 Å². The molecule has 1 spiro atoms. The number of rotatable bonds is 6. The van der Waals surface area contributed by atoms with Gasteiger partial charge in [-0.15, -0.1) is 0 Å². The van der Waals surface area contributed by atoms with Crippen LogP contribution in [0.25, 0.3) is 0 Å². The van der Waals surface area contributed by atoms with Gasteiger partial charge in [0.15, 0.2) is 17.1 Å². The molecule has 1 aliphatic carbocycles. The Bertz CT molecular complexity index is 1010. The van der Waals surface area contributed by atoms with Gasteiger partial charge in [-0.1, -0.05) is 6.08 Å². The van der Waals surface area contributed by atoms with E-state index in [9.17, 15) is 15.0 Å². The molecule has 186 valence electrons. The van der Waals surface area contributed by atoms with Gasteiger partial charge in [0.1, 0.15) is 6.10 Å². The number of carbonyl (C=O) groups is 1. The van der Waals surface area contributed by atoms with Crippen LogP contribution in [-0.4, -0.2) is 63.8 Å². The number of esters is 1. The third kappa shape index (κ3) is 4.01. The molecule has 1 aromatic rings. The second-order valence-electron chi connectivity index (χ2n) is 11.4. The first kappa shape index (κ1) is 23.6. The van der Waals surface area contributed by atoms with Gasteiger partial charge in [-0.25, -0.2) is 4.79 Å². The first-order valence-corrected chi connectivity index (χ1v) is 12.5. The van der Waals surface area contributed by atoms with Crippen LogP contribution >= 0.6 is 0 Å². The van der Waals surface area contributed by atoms with E-state index in [2.05, 4.69) is 23.1 Å². The zero-order chi connectivity index (χ0) is 24.3. The van der Waals surface area contributed by atoms with Crippen molar-refractivity contribution in [1.82, 2.24) is 4.90 Å². The predicted molar refractivity (Wildman–Crippen MR) is 127 cm³/mol. The lowest BCUT2D eigenvalue weighted by Crippen LogP contribution is -2.48. The maximum atomic E-state index is 13.3. The maximum Gasteiger partial charge on any atom is 0.338 e. The van der Waals surface area contributed by atoms with Gasteiger partial charge in [0.05, 0.1) is 11.1 Å². The van der Waals surface area contributed by atoms with E-state index in [0.717, 1.165) is 55.0 Å². The summed E-state index contributed by atoms with van der Waals surface area (Å²) in [5.74, 6) is 0.863. The van der Waals surface area contributed by atoms with Crippen molar-refractivity contribution in [2.24, 2.45) is 0 Å². The molecule has 3 heterocycles. The molecule has 7 heteroatoms. The molecule has 1 fully saturated rings. The van der Waals surface area contributed by atoms with Gasteiger partial charge in [-0.05, 0) is 102 Å². The molecule has 4 aliphatic rings. The SMILES string of the molecule is CC1=C[C@]23CCCN2CCc2cc4c(cc2C3[C@@H]1OC(=O)[C@@](C)(O)CCCC(C)(C)O)OCO4. The lowest BCUT2D eigenvalue weighted by molar-refractivity contribution is -0.170. The first-order chi connectivity index (χ1) is 16.0. The molecular formula is C27H37NO6. The standard InChI is InChI=1S/C27H37NO6/c1-17-15-27-10-6-11-28(27)12-7-18-13-20-21(33-16-32-20)14-19(18)22(27)23(17)34-24(29)26(4,31)9-5-8-25(2,3)30/h13-15,22-23,30-31H,5-12,16H2,1-4H3/t22?,23-,26+,27+/m1/s1. The van der Waals surface area contributed by atoms with Gasteiger partial charge in [-0.2, -0.15) is 0 Å². The van der Waals surface area contributed by atoms with E-state index in [1.54, 1.807) is 13.8 Å². The molecule has 0 saturated carbocycles. The van der Waals surface area contributed by atoms with E-state index < -0.39 is 23.3 Å². The van der Waals surface area contributed by atoms with Crippen molar-refractivity contribution in [3.05, 3.63) is 34.9 Å². The Labute approximate surface area is 201 Å². The average molecular weight is 472 g/mol. The van der Waals surface area contributed by atoms with Crippen LogP contribution in [0.15, 0.2) is 23.8 Å². The van der Waals surface area contributed by atoms with Crippen molar-refractivity contribution < 1.29 is 29.2 Å². The predicted octanol–water partition coefficient (Wildman–Crippen LogP) is 3.45. The summed E-state index contributed by atoms with van der Waals surface area (Å²) in [5.41, 5.74) is 0.757. The van der Waals surface area contributed by atoms with Crippen LogP contribution in [0, 0.1) is 0 Å². The molecule has 7 nitrogen and oxygen atoms in total. The van der Waals surface area contributed by atoms with Crippen LogP contribution in [-0.2, 0) is 16.0 Å². The molecule has 4 atom stereocenters. The highest BCUT2D eigenvalue weighted by Crippen LogP contribution is 2.55. The van der Waals surface area contributed by atoms with Crippen molar-refractivity contribution in [3.63, 3.8) is 0 Å². The number of fused-ring (bicyclic) bond motifs is 3. The molecule has 3 aliphatic heterocycles. The van der Waals surface area contributed by atoms with Crippen molar-refractivity contribution in [2.45, 2.75) is 95.0 Å². The highest BCUT2D eigenvalue weighted by molar-refractivity contribution is 5.79. The fourth-order valence-electron chi connectivity index (χ4n) is 6.41. The Hall–Kier alpha value is -2.09. The van der Waals surface area contributed by atoms with E-state index in [1.807, 2.05) is 6.92 Å². The van der Waals surface area contributed by atoms with Gasteiger partial charge in [0, 0.05) is 12.5 Å². The lowest BCUT2D eigenvalue weighted by atomic mass is 9.77. The fraction of sp³-hybridized carbons (Fsp3) is 0.667. The molecule has 2 N–H and O–H groups in total. The van der Waals surface area contributed by atoms with E-state index in [4.69, 9.17) is 14.2 Å². The number of ether oxygens (including phenoxy) is 3. The molecule has 34 heavy (non-hydrogen) atoms. The Morgan fingerprint density at radius 2 is 1.91 bits per heavy atom. The molecule has 0 radical (unpaired) electrons. The fourth-order valence-corrected chi connectivity index (χ4v) is 6.41. The van der Waals surface area contributed by atoms with Crippen LogP contribution in [0.2, 0.25) is 0 Å². The zero-order valence-electron chi connectivity index (χ0n) is 20.7. The third-order valence-corrected chi connectivity index (χ3v) is 8.11. The lowest BCUT2D eigenvalue weighted by Gasteiger charge is -2.40. The largest absolute Gasteiger partial charge is 0.455 e. The van der Waals surface area contributed by atoms with Crippen LogP contribution in [0.4, 0.5) is 0 Å². The summed E-state index contributed by atoms with van der Waals surface area (Å²) in [6.07, 6.45) is 6.15. The summed E-state index contributed by atoms with van der Waals surface area (Å²) in [7, 11) is 0. The molecule has 0 bridgehead atoms. The molecule has 0 amide bonds. The van der Waals surface area contributed by atoms with Gasteiger partial charge in [0.25, 0.3) is 0 Å². The third-order valence-electron chi connectivity index (χ3n) is 8.11. The van der Waals surface area contributed by atoms with Crippen LogP contribution in [0.1, 0.15) is 76.8 Å². The van der Waals surface area contributed by atoms with Crippen molar-refractivity contribution in [3.8, 4) is 11.5 Å². The van der Waals surface area contributed by atoms with Gasteiger partial charge in [-0.3, -0.25) is 4.90 Å². The van der Waals surface area contributed by atoms with Crippen LogP contribution in [0.3, 0.4) is 0 Å². The molecular weight excluding hydrogens is 434 g/mol. The Balaban J connectivity index is 1.45.